The molecule has 124 valence electrons. The molecule has 0 amide bonds. The van der Waals surface area contributed by atoms with Crippen molar-refractivity contribution in [3.8, 4) is 11.8 Å². The Bertz CT molecular complexity index is 779. The summed E-state index contributed by atoms with van der Waals surface area (Å²) < 4.78 is 57.8. The van der Waals surface area contributed by atoms with Gasteiger partial charge in [-0.25, -0.2) is 9.18 Å². The van der Waals surface area contributed by atoms with E-state index in [2.05, 4.69) is 4.74 Å². The number of carbonyl (C=O) groups is 1. The number of carbonyl (C=O) groups excluding carboxylic acids is 1. The van der Waals surface area contributed by atoms with Crippen molar-refractivity contribution >= 4 is 5.97 Å². The summed E-state index contributed by atoms with van der Waals surface area (Å²) in [4.78, 5) is 11.9. The molecule has 0 radical (unpaired) electrons. The fraction of sp³-hybridized carbons (Fsp3) is 0.125. The standard InChI is InChI=1S/C16H9F4NO3/c17-14-7-13(6-5-12(14)8-21)24-15(22)11-3-1-10(2-4-11)9-23-16(18,19)20/h1-7H,9H2. The molecule has 2 rings (SSSR count). The van der Waals surface area contributed by atoms with Gasteiger partial charge in [0.15, 0.2) is 0 Å². The number of nitriles is 1. The van der Waals surface area contributed by atoms with E-state index < -0.39 is 24.8 Å². The number of ether oxygens (including phenoxy) is 2. The van der Waals surface area contributed by atoms with E-state index in [4.69, 9.17) is 10.00 Å². The number of benzene rings is 2. The Morgan fingerprint density at radius 3 is 2.33 bits per heavy atom. The maximum atomic E-state index is 13.4. The van der Waals surface area contributed by atoms with Gasteiger partial charge >= 0.3 is 12.3 Å². The van der Waals surface area contributed by atoms with Crippen molar-refractivity contribution < 1.29 is 31.8 Å². The first-order valence-electron chi connectivity index (χ1n) is 6.50. The van der Waals surface area contributed by atoms with E-state index in [9.17, 15) is 22.4 Å². The number of esters is 1. The topological polar surface area (TPSA) is 59.3 Å². The minimum Gasteiger partial charge on any atom is -0.423 e. The molecule has 0 atom stereocenters. The molecule has 0 N–H and O–H groups in total. The lowest BCUT2D eigenvalue weighted by Crippen LogP contribution is -2.13. The molecule has 0 bridgehead atoms. The number of hydrogen-bond donors (Lipinski definition) is 0. The summed E-state index contributed by atoms with van der Waals surface area (Å²) in [5.41, 5.74) is 0.0904. The molecule has 0 saturated carbocycles. The van der Waals surface area contributed by atoms with Gasteiger partial charge in [-0.15, -0.1) is 13.2 Å². The van der Waals surface area contributed by atoms with Crippen LogP contribution in [-0.4, -0.2) is 12.3 Å². The molecular formula is C16H9F4NO3. The van der Waals surface area contributed by atoms with E-state index in [1.807, 2.05) is 0 Å². The van der Waals surface area contributed by atoms with Crippen molar-refractivity contribution in [2.45, 2.75) is 13.0 Å². The molecule has 0 aromatic heterocycles. The van der Waals surface area contributed by atoms with Crippen molar-refractivity contribution in [3.05, 3.63) is 65.0 Å². The van der Waals surface area contributed by atoms with Gasteiger partial charge in [0, 0.05) is 6.07 Å². The molecule has 0 heterocycles. The average Bonchev–Trinajstić information content (AvgIpc) is 2.53. The van der Waals surface area contributed by atoms with Crippen molar-refractivity contribution in [1.29, 1.82) is 5.26 Å². The van der Waals surface area contributed by atoms with Crippen LogP contribution in [0.4, 0.5) is 17.6 Å². The summed E-state index contributed by atoms with van der Waals surface area (Å²) in [6, 6.07) is 10.0. The van der Waals surface area contributed by atoms with Crippen molar-refractivity contribution in [2.24, 2.45) is 0 Å². The van der Waals surface area contributed by atoms with Gasteiger partial charge in [0.05, 0.1) is 17.7 Å². The molecule has 0 saturated heterocycles. The fourth-order valence-electron chi connectivity index (χ4n) is 1.72. The van der Waals surface area contributed by atoms with Crippen LogP contribution < -0.4 is 4.74 Å². The maximum Gasteiger partial charge on any atom is 0.522 e. The Kier molecular flexibility index (Phi) is 5.16. The van der Waals surface area contributed by atoms with Crippen LogP contribution >= 0.6 is 0 Å². The first-order valence-corrected chi connectivity index (χ1v) is 6.50. The van der Waals surface area contributed by atoms with Crippen molar-refractivity contribution in [2.75, 3.05) is 0 Å². The molecule has 0 aliphatic heterocycles. The summed E-state index contributed by atoms with van der Waals surface area (Å²) in [5.74, 6) is -1.74. The summed E-state index contributed by atoms with van der Waals surface area (Å²) in [7, 11) is 0. The third-order valence-corrected chi connectivity index (χ3v) is 2.86. The molecule has 0 fully saturated rings. The summed E-state index contributed by atoms with van der Waals surface area (Å²) in [6.45, 7) is -0.681. The molecule has 2 aromatic carbocycles. The Balaban J connectivity index is 2.02. The van der Waals surface area contributed by atoms with Crippen LogP contribution in [0.3, 0.4) is 0 Å². The lowest BCUT2D eigenvalue weighted by molar-refractivity contribution is -0.330. The Labute approximate surface area is 133 Å². The van der Waals surface area contributed by atoms with Gasteiger partial charge in [0.25, 0.3) is 0 Å². The van der Waals surface area contributed by atoms with E-state index in [1.165, 1.54) is 30.3 Å². The van der Waals surface area contributed by atoms with Crippen LogP contribution in [0.1, 0.15) is 21.5 Å². The van der Waals surface area contributed by atoms with Gasteiger partial charge in [0.2, 0.25) is 0 Å². The molecule has 2 aromatic rings. The SMILES string of the molecule is N#Cc1ccc(OC(=O)c2ccc(COC(F)(F)F)cc2)cc1F. The summed E-state index contributed by atoms with van der Waals surface area (Å²) in [6.07, 6.45) is -4.74. The van der Waals surface area contributed by atoms with E-state index in [-0.39, 0.29) is 22.4 Å². The smallest absolute Gasteiger partial charge is 0.423 e. The van der Waals surface area contributed by atoms with Crippen LogP contribution in [0.5, 0.6) is 5.75 Å². The van der Waals surface area contributed by atoms with Gasteiger partial charge in [-0.3, -0.25) is 4.74 Å². The molecule has 24 heavy (non-hydrogen) atoms. The monoisotopic (exact) mass is 339 g/mol. The zero-order valence-electron chi connectivity index (χ0n) is 11.9. The highest BCUT2D eigenvalue weighted by atomic mass is 19.4. The van der Waals surface area contributed by atoms with Gasteiger partial charge in [-0.1, -0.05) is 12.1 Å². The van der Waals surface area contributed by atoms with Crippen LogP contribution in [0, 0.1) is 17.1 Å². The molecule has 0 spiro atoms. The van der Waals surface area contributed by atoms with Gasteiger partial charge in [-0.05, 0) is 29.8 Å². The van der Waals surface area contributed by atoms with E-state index in [0.717, 1.165) is 12.1 Å². The highest BCUT2D eigenvalue weighted by Gasteiger charge is 2.28. The second-order valence-electron chi connectivity index (χ2n) is 4.57. The molecule has 8 heteroatoms. The maximum absolute atomic E-state index is 13.4. The van der Waals surface area contributed by atoms with E-state index >= 15 is 0 Å². The predicted molar refractivity (Wildman–Crippen MR) is 73.4 cm³/mol. The number of alkyl halides is 3. The predicted octanol–water partition coefficient (Wildman–Crippen LogP) is 3.95. The first-order chi connectivity index (χ1) is 11.3. The van der Waals surface area contributed by atoms with Crippen molar-refractivity contribution in [3.63, 3.8) is 0 Å². The molecule has 0 aliphatic rings. The normalized spacial score (nSPS) is 11.0. The molecule has 4 nitrogen and oxygen atoms in total. The van der Waals surface area contributed by atoms with E-state index in [1.54, 1.807) is 6.07 Å². The van der Waals surface area contributed by atoms with Gasteiger partial charge in [0.1, 0.15) is 17.6 Å². The Morgan fingerprint density at radius 1 is 1.12 bits per heavy atom. The van der Waals surface area contributed by atoms with Crippen LogP contribution in [0.15, 0.2) is 42.5 Å². The minimum absolute atomic E-state index is 0.0653. The van der Waals surface area contributed by atoms with Crippen LogP contribution in [0.2, 0.25) is 0 Å². The Hall–Kier alpha value is -2.92. The number of rotatable bonds is 4. The molecule has 0 unspecified atom stereocenters. The van der Waals surface area contributed by atoms with Gasteiger partial charge in [-0.2, -0.15) is 5.26 Å². The first kappa shape index (κ1) is 17.4. The van der Waals surface area contributed by atoms with Crippen LogP contribution in [0.25, 0.3) is 0 Å². The zero-order valence-corrected chi connectivity index (χ0v) is 11.9. The third kappa shape index (κ3) is 4.79. The summed E-state index contributed by atoms with van der Waals surface area (Å²) >= 11 is 0. The largest absolute Gasteiger partial charge is 0.522 e. The molecule has 0 aliphatic carbocycles. The summed E-state index contributed by atoms with van der Waals surface area (Å²) in [5, 5.41) is 8.61. The zero-order chi connectivity index (χ0) is 17.7. The van der Waals surface area contributed by atoms with Gasteiger partial charge < -0.3 is 4.74 Å². The van der Waals surface area contributed by atoms with Crippen LogP contribution in [-0.2, 0) is 11.3 Å². The number of nitrogens with zero attached hydrogens (tertiary/aromatic N) is 1. The Morgan fingerprint density at radius 2 is 1.79 bits per heavy atom. The number of halogens is 4. The highest BCUT2D eigenvalue weighted by Crippen LogP contribution is 2.20. The van der Waals surface area contributed by atoms with Crippen molar-refractivity contribution in [1.82, 2.24) is 0 Å². The average molecular weight is 339 g/mol. The lowest BCUT2D eigenvalue weighted by atomic mass is 10.1. The highest BCUT2D eigenvalue weighted by molar-refractivity contribution is 5.91. The minimum atomic E-state index is -4.74. The quantitative estimate of drug-likeness (QED) is 0.481. The third-order valence-electron chi connectivity index (χ3n) is 2.86. The number of hydrogen-bond acceptors (Lipinski definition) is 4. The fourth-order valence-corrected chi connectivity index (χ4v) is 1.72. The second kappa shape index (κ2) is 7.10. The lowest BCUT2D eigenvalue weighted by Gasteiger charge is -2.08. The van der Waals surface area contributed by atoms with E-state index in [0.29, 0.717) is 0 Å². The second-order valence-corrected chi connectivity index (χ2v) is 4.57. The molecular weight excluding hydrogens is 330 g/mol.